The monoisotopic (exact) mass is 368 g/mol. The maximum atomic E-state index is 12.5. The van der Waals surface area contributed by atoms with Crippen LogP contribution >= 0.6 is 0 Å². The molecule has 0 radical (unpaired) electrons. The molecular weight excluding hydrogens is 340 g/mol. The Morgan fingerprint density at radius 3 is 2.22 bits per heavy atom. The van der Waals surface area contributed by atoms with Crippen molar-refractivity contribution in [3.05, 3.63) is 59.4 Å². The summed E-state index contributed by atoms with van der Waals surface area (Å²) in [5, 5.41) is 0. The molecule has 0 atom stereocenters. The van der Waals surface area contributed by atoms with Crippen LogP contribution in [0.15, 0.2) is 53.8 Å². The first-order valence-corrected chi connectivity index (χ1v) is 9.44. The van der Waals surface area contributed by atoms with Crippen molar-refractivity contribution in [3.8, 4) is 0 Å². The van der Waals surface area contributed by atoms with Crippen LogP contribution in [0.1, 0.15) is 50.5 Å². The molecule has 0 aliphatic heterocycles. The number of rotatable bonds is 7. The lowest BCUT2D eigenvalue weighted by molar-refractivity contribution is -0.168. The summed E-state index contributed by atoms with van der Waals surface area (Å²) in [6.45, 7) is 0. The molecule has 27 heavy (non-hydrogen) atoms. The summed E-state index contributed by atoms with van der Waals surface area (Å²) in [6, 6.07) is 9.73. The summed E-state index contributed by atoms with van der Waals surface area (Å²) >= 11 is 0. The van der Waals surface area contributed by atoms with Crippen molar-refractivity contribution in [2.75, 3.05) is 14.2 Å². The van der Waals surface area contributed by atoms with Gasteiger partial charge in [0.1, 0.15) is 0 Å². The third-order valence-corrected chi connectivity index (χ3v) is 4.94. The van der Waals surface area contributed by atoms with E-state index in [1.165, 1.54) is 39.1 Å². The molecule has 0 saturated heterocycles. The highest BCUT2D eigenvalue weighted by Crippen LogP contribution is 2.32. The van der Waals surface area contributed by atoms with E-state index in [0.717, 1.165) is 18.4 Å². The Hall–Kier alpha value is -2.58. The van der Waals surface area contributed by atoms with Crippen LogP contribution in [0.25, 0.3) is 6.08 Å². The fourth-order valence-corrected chi connectivity index (χ4v) is 3.34. The maximum Gasteiger partial charge on any atom is 0.323 e. The minimum Gasteiger partial charge on any atom is -0.468 e. The second-order valence-electron chi connectivity index (χ2n) is 6.80. The van der Waals surface area contributed by atoms with Crippen molar-refractivity contribution < 1.29 is 19.1 Å². The molecule has 0 bridgehead atoms. The van der Waals surface area contributed by atoms with Gasteiger partial charge in [-0.15, -0.1) is 5.73 Å². The van der Waals surface area contributed by atoms with E-state index in [4.69, 9.17) is 9.47 Å². The molecule has 4 nitrogen and oxygen atoms in total. The van der Waals surface area contributed by atoms with E-state index >= 15 is 0 Å². The molecule has 0 aromatic heterocycles. The van der Waals surface area contributed by atoms with E-state index in [0.29, 0.717) is 0 Å². The van der Waals surface area contributed by atoms with Crippen LogP contribution in [0.5, 0.6) is 0 Å². The molecule has 0 N–H and O–H groups in total. The predicted octanol–water partition coefficient (Wildman–Crippen LogP) is 4.86. The van der Waals surface area contributed by atoms with Gasteiger partial charge in [0.05, 0.1) is 14.2 Å². The fourth-order valence-electron chi connectivity index (χ4n) is 3.34. The Balaban J connectivity index is 2.25. The summed E-state index contributed by atoms with van der Waals surface area (Å²) in [4.78, 5) is 25.1. The zero-order valence-corrected chi connectivity index (χ0v) is 16.2. The van der Waals surface area contributed by atoms with E-state index in [1.54, 1.807) is 6.08 Å². The molecule has 0 heterocycles. The molecule has 1 aromatic carbocycles. The Morgan fingerprint density at radius 2 is 1.63 bits per heavy atom. The van der Waals surface area contributed by atoms with Crippen molar-refractivity contribution in [2.45, 2.75) is 44.9 Å². The topological polar surface area (TPSA) is 52.6 Å². The Labute approximate surface area is 161 Å². The first-order chi connectivity index (χ1) is 13.1. The van der Waals surface area contributed by atoms with Crippen molar-refractivity contribution >= 4 is 18.0 Å². The number of benzene rings is 1. The van der Waals surface area contributed by atoms with E-state index in [9.17, 15) is 9.59 Å². The van der Waals surface area contributed by atoms with Gasteiger partial charge >= 0.3 is 11.9 Å². The molecule has 2 rings (SSSR count). The van der Waals surface area contributed by atoms with Gasteiger partial charge in [-0.05, 0) is 55.7 Å². The summed E-state index contributed by atoms with van der Waals surface area (Å²) in [5.74, 6) is -1.17. The fraction of sp³-hybridized carbons (Fsp3) is 0.435. The van der Waals surface area contributed by atoms with Crippen molar-refractivity contribution in [1.82, 2.24) is 0 Å². The smallest absolute Gasteiger partial charge is 0.323 e. The maximum absolute atomic E-state index is 12.5. The quantitative estimate of drug-likeness (QED) is 0.392. The van der Waals surface area contributed by atoms with Crippen LogP contribution in [-0.4, -0.2) is 26.2 Å². The van der Waals surface area contributed by atoms with Crippen LogP contribution in [0.3, 0.4) is 0 Å². The van der Waals surface area contributed by atoms with Gasteiger partial charge in [0.15, 0.2) is 5.41 Å². The average Bonchev–Trinajstić information content (AvgIpc) is 2.73. The van der Waals surface area contributed by atoms with Gasteiger partial charge in [0.25, 0.3) is 0 Å². The number of ether oxygens (including phenoxy) is 2. The van der Waals surface area contributed by atoms with Crippen molar-refractivity contribution in [1.29, 1.82) is 0 Å². The minimum atomic E-state index is -1.39. The first kappa shape index (κ1) is 20.7. The molecule has 1 aliphatic rings. The molecule has 1 fully saturated rings. The summed E-state index contributed by atoms with van der Waals surface area (Å²) in [7, 11) is 2.59. The normalized spacial score (nSPS) is 14.5. The molecule has 4 heteroatoms. The number of allylic oxidation sites excluding steroid dienone is 2. The highest BCUT2D eigenvalue weighted by molar-refractivity contribution is 6.00. The summed E-state index contributed by atoms with van der Waals surface area (Å²) in [5.41, 5.74) is 4.16. The highest BCUT2D eigenvalue weighted by Gasteiger charge is 2.46. The highest BCUT2D eigenvalue weighted by atomic mass is 16.5. The molecule has 1 aliphatic carbocycles. The molecule has 144 valence electrons. The minimum absolute atomic E-state index is 0.203. The number of esters is 2. The van der Waals surface area contributed by atoms with Gasteiger partial charge in [-0.25, -0.2) is 0 Å². The molecule has 0 amide bonds. The van der Waals surface area contributed by atoms with Gasteiger partial charge in [-0.3, -0.25) is 9.59 Å². The number of methoxy groups -OCH3 is 2. The van der Waals surface area contributed by atoms with Gasteiger partial charge in [-0.2, -0.15) is 0 Å². The Kier molecular flexibility index (Phi) is 8.09. The molecule has 0 spiro atoms. The summed E-state index contributed by atoms with van der Waals surface area (Å²) in [6.07, 6.45) is 11.6. The Morgan fingerprint density at radius 1 is 1.00 bits per heavy atom. The molecular formula is C23H28O4. The number of hydrogen-bond acceptors (Lipinski definition) is 4. The second-order valence-corrected chi connectivity index (χ2v) is 6.80. The van der Waals surface area contributed by atoms with Gasteiger partial charge in [0, 0.05) is 0 Å². The van der Waals surface area contributed by atoms with Crippen molar-refractivity contribution in [3.63, 3.8) is 0 Å². The van der Waals surface area contributed by atoms with Gasteiger partial charge < -0.3 is 9.47 Å². The third-order valence-electron chi connectivity index (χ3n) is 4.94. The SMILES string of the molecule is COC(=O)C(CC=C=C1CCCCC1)(C/C=C\c1ccccc1)C(=O)OC. The van der Waals surface area contributed by atoms with Crippen LogP contribution < -0.4 is 0 Å². The predicted molar refractivity (Wildman–Crippen MR) is 106 cm³/mol. The van der Waals surface area contributed by atoms with Crippen LogP contribution in [0.4, 0.5) is 0 Å². The van der Waals surface area contributed by atoms with Gasteiger partial charge in [0.2, 0.25) is 0 Å². The number of carbonyl (C=O) groups is 2. The number of hydrogen-bond donors (Lipinski definition) is 0. The van der Waals surface area contributed by atoms with Crippen LogP contribution in [0.2, 0.25) is 0 Å². The lowest BCUT2D eigenvalue weighted by Crippen LogP contribution is -2.40. The number of carbonyl (C=O) groups excluding carboxylic acids is 2. The van der Waals surface area contributed by atoms with Crippen LogP contribution in [0, 0.1) is 5.41 Å². The first-order valence-electron chi connectivity index (χ1n) is 9.44. The zero-order valence-electron chi connectivity index (χ0n) is 16.2. The van der Waals surface area contributed by atoms with E-state index in [2.05, 4.69) is 5.73 Å². The second kappa shape index (κ2) is 10.5. The third kappa shape index (κ3) is 5.70. The molecule has 1 saturated carbocycles. The zero-order chi connectivity index (χ0) is 19.5. The molecule has 1 aromatic rings. The average molecular weight is 368 g/mol. The van der Waals surface area contributed by atoms with Gasteiger partial charge in [-0.1, -0.05) is 48.9 Å². The molecule has 0 unspecified atom stereocenters. The summed E-state index contributed by atoms with van der Waals surface area (Å²) < 4.78 is 9.91. The largest absolute Gasteiger partial charge is 0.468 e. The van der Waals surface area contributed by atoms with E-state index in [1.807, 2.05) is 42.5 Å². The van der Waals surface area contributed by atoms with E-state index in [-0.39, 0.29) is 12.8 Å². The lowest BCUT2D eigenvalue weighted by atomic mass is 9.80. The van der Waals surface area contributed by atoms with Crippen LogP contribution in [-0.2, 0) is 19.1 Å². The standard InChI is InChI=1S/C23H28O4/c1-26-21(24)23(22(25)27-2,17-9-15-19-11-5-3-6-12-19)18-10-16-20-13-7-4-8-14-20/h3,5-6,9-12,15H,4,7-8,13-14,17-18H2,1-2H3/b15-9-. The Bertz CT molecular complexity index is 700. The van der Waals surface area contributed by atoms with Crippen molar-refractivity contribution in [2.24, 2.45) is 5.41 Å². The lowest BCUT2D eigenvalue weighted by Gasteiger charge is -2.25. The van der Waals surface area contributed by atoms with E-state index < -0.39 is 17.4 Å².